The van der Waals surface area contributed by atoms with Crippen LogP contribution in [0.3, 0.4) is 0 Å². The van der Waals surface area contributed by atoms with Gasteiger partial charge in [0.25, 0.3) is 0 Å². The van der Waals surface area contributed by atoms with E-state index in [-0.39, 0.29) is 27.0 Å². The van der Waals surface area contributed by atoms with Crippen molar-refractivity contribution in [2.24, 2.45) is 0 Å². The average Bonchev–Trinajstić information content (AvgIpc) is 2.72. The van der Waals surface area contributed by atoms with Crippen molar-refractivity contribution in [3.63, 3.8) is 0 Å². The predicted octanol–water partition coefficient (Wildman–Crippen LogP) is 3.51. The molecule has 0 aromatic heterocycles. The minimum absolute atomic E-state index is 0.0541. The zero-order chi connectivity index (χ0) is 18.4. The first-order valence-electron chi connectivity index (χ1n) is 8.28. The van der Waals surface area contributed by atoms with Crippen molar-refractivity contribution in [1.29, 1.82) is 0 Å². The van der Waals surface area contributed by atoms with Crippen molar-refractivity contribution in [1.82, 2.24) is 0 Å². The molecule has 0 aliphatic rings. The quantitative estimate of drug-likeness (QED) is 0.462. The van der Waals surface area contributed by atoms with Crippen molar-refractivity contribution in [2.45, 2.75) is 12.8 Å². The van der Waals surface area contributed by atoms with Gasteiger partial charge in [-0.2, -0.15) is 0 Å². The molecule has 0 aliphatic carbocycles. The number of benzene rings is 3. The summed E-state index contributed by atoms with van der Waals surface area (Å²) in [5.41, 5.74) is 1.98. The molecule has 3 aromatic rings. The Hall–Kier alpha value is -2.68. The molecular formula is C22H18O3Se. The number of carbonyl (C=O) groups is 2. The summed E-state index contributed by atoms with van der Waals surface area (Å²) in [6.07, 6.45) is 0. The zero-order valence-electron chi connectivity index (χ0n) is 14.3. The summed E-state index contributed by atoms with van der Waals surface area (Å²) in [7, 11) is 0. The molecule has 1 unspecified atom stereocenters. The number of carbonyl (C=O) groups excluding carboxylic acids is 2. The number of hydrogen-bond donors (Lipinski definition) is 0. The summed E-state index contributed by atoms with van der Waals surface area (Å²) in [5, 5.41) is 0. The molecule has 3 rings (SSSR count). The van der Waals surface area contributed by atoms with Crippen LogP contribution in [0, 0.1) is 0 Å². The standard InChI is InChI=1S/C22H18O3Se/c1-16(22(24)25-26-20-13-6-3-7-14-20)18-11-8-12-19(15-18)21(23)17-9-4-2-5-10-17/h2-16H,1H3. The normalized spacial score (nSPS) is 11.6. The van der Waals surface area contributed by atoms with Crippen LogP contribution in [0.5, 0.6) is 0 Å². The van der Waals surface area contributed by atoms with Gasteiger partial charge in [-0.05, 0) is 0 Å². The fraction of sp³-hybridized carbons (Fsp3) is 0.0909. The second-order valence-electron chi connectivity index (χ2n) is 5.84. The third-order valence-electron chi connectivity index (χ3n) is 4.00. The molecule has 0 amide bonds. The Morgan fingerprint density at radius 3 is 2.12 bits per heavy atom. The molecule has 0 spiro atoms. The van der Waals surface area contributed by atoms with Gasteiger partial charge in [-0.25, -0.2) is 0 Å². The van der Waals surface area contributed by atoms with Gasteiger partial charge < -0.3 is 0 Å². The fourth-order valence-electron chi connectivity index (χ4n) is 2.48. The zero-order valence-corrected chi connectivity index (χ0v) is 16.0. The van der Waals surface area contributed by atoms with Gasteiger partial charge in [0, 0.05) is 0 Å². The summed E-state index contributed by atoms with van der Waals surface area (Å²) in [6.45, 7) is 1.80. The third kappa shape index (κ3) is 4.48. The van der Waals surface area contributed by atoms with Gasteiger partial charge in [0.1, 0.15) is 0 Å². The van der Waals surface area contributed by atoms with E-state index in [4.69, 9.17) is 3.82 Å². The molecule has 0 aliphatic heterocycles. The van der Waals surface area contributed by atoms with Crippen LogP contribution in [0.15, 0.2) is 84.9 Å². The average molecular weight is 409 g/mol. The van der Waals surface area contributed by atoms with Crippen LogP contribution in [0.4, 0.5) is 0 Å². The van der Waals surface area contributed by atoms with Gasteiger partial charge in [0.2, 0.25) is 0 Å². The van der Waals surface area contributed by atoms with Crippen molar-refractivity contribution in [3.8, 4) is 0 Å². The van der Waals surface area contributed by atoms with Gasteiger partial charge in [-0.1, -0.05) is 0 Å². The van der Waals surface area contributed by atoms with Crippen LogP contribution in [0.2, 0.25) is 0 Å². The molecule has 1 atom stereocenters. The number of ketones is 1. The molecule has 0 heterocycles. The third-order valence-corrected chi connectivity index (χ3v) is 5.50. The Kier molecular flexibility index (Phi) is 6.00. The molecule has 0 radical (unpaired) electrons. The summed E-state index contributed by atoms with van der Waals surface area (Å²) in [6, 6.07) is 26.0. The first kappa shape index (κ1) is 18.1. The minimum atomic E-state index is -0.427. The molecule has 26 heavy (non-hydrogen) atoms. The molecule has 0 bridgehead atoms. The van der Waals surface area contributed by atoms with Crippen LogP contribution in [0.1, 0.15) is 34.3 Å². The van der Waals surface area contributed by atoms with Crippen LogP contribution >= 0.6 is 0 Å². The second-order valence-corrected chi connectivity index (χ2v) is 7.53. The molecule has 0 saturated heterocycles. The van der Waals surface area contributed by atoms with Crippen LogP contribution in [-0.2, 0) is 8.61 Å². The molecule has 0 fully saturated rings. The molecular weight excluding hydrogens is 391 g/mol. The summed E-state index contributed by atoms with van der Waals surface area (Å²) >= 11 is -0.357. The Morgan fingerprint density at radius 2 is 1.42 bits per heavy atom. The molecule has 130 valence electrons. The predicted molar refractivity (Wildman–Crippen MR) is 103 cm³/mol. The van der Waals surface area contributed by atoms with Gasteiger partial charge in [-0.15, -0.1) is 0 Å². The van der Waals surface area contributed by atoms with E-state index in [0.29, 0.717) is 11.1 Å². The SMILES string of the molecule is CC(C(=O)O[Se]c1ccccc1)c1cccc(C(=O)c2ccccc2)c1. The Bertz CT molecular complexity index is 892. The molecule has 3 aromatic carbocycles. The summed E-state index contributed by atoms with van der Waals surface area (Å²) in [5.74, 6) is -0.760. The van der Waals surface area contributed by atoms with Crippen molar-refractivity contribution < 1.29 is 13.4 Å². The maximum atomic E-state index is 12.6. The summed E-state index contributed by atoms with van der Waals surface area (Å²) < 4.78 is 6.48. The fourth-order valence-corrected chi connectivity index (χ4v) is 3.72. The first-order valence-corrected chi connectivity index (χ1v) is 9.84. The monoisotopic (exact) mass is 410 g/mol. The molecule has 0 saturated carbocycles. The maximum absolute atomic E-state index is 12.6. The second kappa shape index (κ2) is 8.61. The molecule has 4 heteroatoms. The van der Waals surface area contributed by atoms with Crippen LogP contribution in [0.25, 0.3) is 0 Å². The molecule has 3 nitrogen and oxygen atoms in total. The van der Waals surface area contributed by atoms with Gasteiger partial charge in [-0.3, -0.25) is 0 Å². The van der Waals surface area contributed by atoms with E-state index < -0.39 is 5.92 Å². The van der Waals surface area contributed by atoms with Gasteiger partial charge in [0.05, 0.1) is 0 Å². The van der Waals surface area contributed by atoms with E-state index in [1.54, 1.807) is 37.3 Å². The van der Waals surface area contributed by atoms with E-state index in [1.165, 1.54) is 0 Å². The Morgan fingerprint density at radius 1 is 0.808 bits per heavy atom. The Labute approximate surface area is 159 Å². The summed E-state index contributed by atoms with van der Waals surface area (Å²) in [4.78, 5) is 25.0. The first-order chi connectivity index (χ1) is 12.6. The van der Waals surface area contributed by atoms with Crippen molar-refractivity contribution >= 4 is 31.5 Å². The van der Waals surface area contributed by atoms with E-state index in [9.17, 15) is 9.59 Å². The van der Waals surface area contributed by atoms with Crippen LogP contribution < -0.4 is 4.46 Å². The van der Waals surface area contributed by atoms with Gasteiger partial charge >= 0.3 is 159 Å². The number of hydrogen-bond acceptors (Lipinski definition) is 3. The van der Waals surface area contributed by atoms with Gasteiger partial charge in [0.15, 0.2) is 0 Å². The topological polar surface area (TPSA) is 43.4 Å². The van der Waals surface area contributed by atoms with E-state index in [2.05, 4.69) is 0 Å². The van der Waals surface area contributed by atoms with E-state index >= 15 is 0 Å². The Balaban J connectivity index is 1.70. The van der Waals surface area contributed by atoms with Crippen LogP contribution in [-0.4, -0.2) is 27.0 Å². The van der Waals surface area contributed by atoms with E-state index in [0.717, 1.165) is 10.0 Å². The van der Waals surface area contributed by atoms with E-state index in [1.807, 2.05) is 54.6 Å². The number of rotatable bonds is 6. The van der Waals surface area contributed by atoms with Crippen molar-refractivity contribution in [3.05, 3.63) is 102 Å². The van der Waals surface area contributed by atoms with Crippen molar-refractivity contribution in [2.75, 3.05) is 0 Å². The molecule has 0 N–H and O–H groups in total.